The average molecular weight is 210 g/mol. The van der Waals surface area contributed by atoms with Crippen molar-refractivity contribution in [2.45, 2.75) is 11.8 Å². The maximum absolute atomic E-state index is 5.90. The Hall–Kier alpha value is -0.670. The van der Waals surface area contributed by atoms with E-state index in [4.69, 9.17) is 5.73 Å². The molecule has 0 saturated heterocycles. The number of rotatable bonds is 4. The molecule has 2 nitrogen and oxygen atoms in total. The number of anilines is 1. The van der Waals surface area contributed by atoms with E-state index >= 15 is 0 Å². The Morgan fingerprint density at radius 3 is 2.64 bits per heavy atom. The Balaban J connectivity index is 2.58. The molecule has 14 heavy (non-hydrogen) atoms. The highest BCUT2D eigenvalue weighted by Gasteiger charge is 2.02. The third-order valence-electron chi connectivity index (χ3n) is 2.03. The highest BCUT2D eigenvalue weighted by Crippen LogP contribution is 2.28. The van der Waals surface area contributed by atoms with E-state index in [2.05, 4.69) is 32.0 Å². The van der Waals surface area contributed by atoms with Crippen molar-refractivity contribution in [3.63, 3.8) is 0 Å². The van der Waals surface area contributed by atoms with Crippen LogP contribution in [0.3, 0.4) is 0 Å². The molecule has 1 aromatic rings. The zero-order valence-corrected chi connectivity index (χ0v) is 9.90. The molecule has 0 fully saturated rings. The normalized spacial score (nSPS) is 10.9. The molecule has 0 spiro atoms. The molecule has 0 heterocycles. The second-order valence-electron chi connectivity index (χ2n) is 3.64. The maximum Gasteiger partial charge on any atom is 0.0454 e. The van der Waals surface area contributed by atoms with Gasteiger partial charge >= 0.3 is 0 Å². The van der Waals surface area contributed by atoms with Crippen molar-refractivity contribution in [1.29, 1.82) is 0 Å². The molecule has 3 heteroatoms. The van der Waals surface area contributed by atoms with Crippen LogP contribution in [-0.4, -0.2) is 31.3 Å². The van der Waals surface area contributed by atoms with E-state index in [9.17, 15) is 0 Å². The van der Waals surface area contributed by atoms with Gasteiger partial charge in [-0.3, -0.25) is 0 Å². The lowest BCUT2D eigenvalue weighted by Crippen LogP contribution is -2.14. The molecule has 2 N–H and O–H groups in total. The number of hydrogen-bond acceptors (Lipinski definition) is 3. The predicted molar refractivity (Wildman–Crippen MR) is 64.9 cm³/mol. The Morgan fingerprint density at radius 1 is 1.36 bits per heavy atom. The zero-order chi connectivity index (χ0) is 10.6. The van der Waals surface area contributed by atoms with E-state index in [0.29, 0.717) is 0 Å². The molecule has 1 rings (SSSR count). The SMILES string of the molecule is Cc1cccc(N)c1SCCN(C)C. The molecular formula is C11H18N2S. The van der Waals surface area contributed by atoms with Gasteiger partial charge in [0.1, 0.15) is 0 Å². The summed E-state index contributed by atoms with van der Waals surface area (Å²) in [5, 5.41) is 0. The van der Waals surface area contributed by atoms with Gasteiger partial charge in [0.15, 0.2) is 0 Å². The molecular weight excluding hydrogens is 192 g/mol. The largest absolute Gasteiger partial charge is 0.398 e. The molecule has 0 aliphatic carbocycles. The van der Waals surface area contributed by atoms with E-state index in [-0.39, 0.29) is 0 Å². The first-order valence-electron chi connectivity index (χ1n) is 4.74. The van der Waals surface area contributed by atoms with Crippen LogP contribution in [-0.2, 0) is 0 Å². The lowest BCUT2D eigenvalue weighted by Gasteiger charge is -2.11. The van der Waals surface area contributed by atoms with Crippen LogP contribution in [0.5, 0.6) is 0 Å². The minimum atomic E-state index is 0.897. The number of nitrogen functional groups attached to an aromatic ring is 1. The second-order valence-corrected chi connectivity index (χ2v) is 4.75. The van der Waals surface area contributed by atoms with Crippen molar-refractivity contribution in [1.82, 2.24) is 4.90 Å². The van der Waals surface area contributed by atoms with Crippen molar-refractivity contribution in [2.75, 3.05) is 32.1 Å². The summed E-state index contributed by atoms with van der Waals surface area (Å²) in [7, 11) is 4.17. The first-order valence-corrected chi connectivity index (χ1v) is 5.72. The maximum atomic E-state index is 5.90. The molecule has 0 atom stereocenters. The lowest BCUT2D eigenvalue weighted by atomic mass is 10.2. The van der Waals surface area contributed by atoms with E-state index < -0.39 is 0 Å². The molecule has 0 aliphatic rings. The van der Waals surface area contributed by atoms with Gasteiger partial charge in [0, 0.05) is 22.9 Å². The van der Waals surface area contributed by atoms with Crippen LogP contribution in [0.2, 0.25) is 0 Å². The molecule has 78 valence electrons. The smallest absolute Gasteiger partial charge is 0.0454 e. The zero-order valence-electron chi connectivity index (χ0n) is 9.08. The van der Waals surface area contributed by atoms with Gasteiger partial charge in [0.2, 0.25) is 0 Å². The summed E-state index contributed by atoms with van der Waals surface area (Å²) in [6.07, 6.45) is 0. The van der Waals surface area contributed by atoms with Crippen molar-refractivity contribution in [2.24, 2.45) is 0 Å². The van der Waals surface area contributed by atoms with Crippen LogP contribution in [0.25, 0.3) is 0 Å². The minimum Gasteiger partial charge on any atom is -0.398 e. The molecule has 0 unspecified atom stereocenters. The van der Waals surface area contributed by atoms with Crippen LogP contribution in [0, 0.1) is 6.92 Å². The Kier molecular flexibility index (Phi) is 4.29. The molecule has 1 aromatic carbocycles. The fourth-order valence-electron chi connectivity index (χ4n) is 1.20. The van der Waals surface area contributed by atoms with Crippen molar-refractivity contribution in [3.05, 3.63) is 23.8 Å². The van der Waals surface area contributed by atoms with Gasteiger partial charge < -0.3 is 10.6 Å². The summed E-state index contributed by atoms with van der Waals surface area (Å²) in [6.45, 7) is 3.19. The first kappa shape index (κ1) is 11.4. The number of nitrogens with two attached hydrogens (primary N) is 1. The fourth-order valence-corrected chi connectivity index (χ4v) is 2.39. The van der Waals surface area contributed by atoms with Gasteiger partial charge in [0.05, 0.1) is 0 Å². The second kappa shape index (κ2) is 5.27. The topological polar surface area (TPSA) is 29.3 Å². The van der Waals surface area contributed by atoms with Crippen LogP contribution in [0.4, 0.5) is 5.69 Å². The monoisotopic (exact) mass is 210 g/mol. The standard InChI is InChI=1S/C11H18N2S/c1-9-5-4-6-10(12)11(9)14-8-7-13(2)3/h4-6H,7-8,12H2,1-3H3. The molecule has 0 amide bonds. The number of nitrogens with zero attached hydrogens (tertiary/aromatic N) is 1. The number of hydrogen-bond donors (Lipinski definition) is 1. The number of thioether (sulfide) groups is 1. The van der Waals surface area contributed by atoms with Crippen molar-refractivity contribution >= 4 is 17.4 Å². The van der Waals surface area contributed by atoms with Gasteiger partial charge in [-0.15, -0.1) is 11.8 Å². The van der Waals surface area contributed by atoms with Gasteiger partial charge in [-0.1, -0.05) is 12.1 Å². The van der Waals surface area contributed by atoms with Gasteiger partial charge in [-0.05, 0) is 32.6 Å². The molecule has 0 aliphatic heterocycles. The van der Waals surface area contributed by atoms with Crippen molar-refractivity contribution < 1.29 is 0 Å². The van der Waals surface area contributed by atoms with Gasteiger partial charge in [-0.25, -0.2) is 0 Å². The summed E-state index contributed by atoms with van der Waals surface area (Å²) in [6, 6.07) is 6.07. The van der Waals surface area contributed by atoms with Crippen LogP contribution < -0.4 is 5.73 Å². The average Bonchev–Trinajstić information content (AvgIpc) is 2.09. The van der Waals surface area contributed by atoms with Crippen LogP contribution in [0.1, 0.15) is 5.56 Å². The number of benzene rings is 1. The van der Waals surface area contributed by atoms with Gasteiger partial charge in [-0.2, -0.15) is 0 Å². The predicted octanol–water partition coefficient (Wildman–Crippen LogP) is 2.23. The summed E-state index contributed by atoms with van der Waals surface area (Å²) >= 11 is 1.84. The Morgan fingerprint density at radius 2 is 2.07 bits per heavy atom. The third kappa shape index (κ3) is 3.24. The number of aryl methyl sites for hydroxylation is 1. The fraction of sp³-hybridized carbons (Fsp3) is 0.455. The summed E-state index contributed by atoms with van der Waals surface area (Å²) in [5.74, 6) is 1.09. The molecule has 0 bridgehead atoms. The van der Waals surface area contributed by atoms with Crippen LogP contribution in [0.15, 0.2) is 23.1 Å². The van der Waals surface area contributed by atoms with E-state index in [0.717, 1.165) is 18.0 Å². The molecule has 0 saturated carbocycles. The van der Waals surface area contributed by atoms with Crippen molar-refractivity contribution in [3.8, 4) is 0 Å². The Labute approximate surface area is 90.5 Å². The summed E-state index contributed by atoms with van der Waals surface area (Å²) < 4.78 is 0. The van der Waals surface area contributed by atoms with Crippen LogP contribution >= 0.6 is 11.8 Å². The first-order chi connectivity index (χ1) is 6.61. The third-order valence-corrected chi connectivity index (χ3v) is 3.26. The van der Waals surface area contributed by atoms with E-state index in [1.165, 1.54) is 10.5 Å². The van der Waals surface area contributed by atoms with E-state index in [1.54, 1.807) is 0 Å². The quantitative estimate of drug-likeness (QED) is 0.610. The summed E-state index contributed by atoms with van der Waals surface area (Å²) in [4.78, 5) is 3.41. The van der Waals surface area contributed by atoms with E-state index in [1.807, 2.05) is 23.9 Å². The molecule has 0 aromatic heterocycles. The summed E-state index contributed by atoms with van der Waals surface area (Å²) in [5.41, 5.74) is 8.07. The van der Waals surface area contributed by atoms with Gasteiger partial charge in [0.25, 0.3) is 0 Å². The highest BCUT2D eigenvalue weighted by molar-refractivity contribution is 7.99. The minimum absolute atomic E-state index is 0.897. The highest BCUT2D eigenvalue weighted by atomic mass is 32.2. The Bertz CT molecular complexity index is 277. The lowest BCUT2D eigenvalue weighted by molar-refractivity contribution is 0.437. The molecule has 0 radical (unpaired) electrons.